The molecule has 0 atom stereocenters. The molecular formula is C20H24Cl2FN3O2S. The van der Waals surface area contributed by atoms with E-state index in [-0.39, 0.29) is 43.1 Å². The molecule has 158 valence electrons. The molecule has 0 saturated carbocycles. The highest BCUT2D eigenvalue weighted by Gasteiger charge is 2.21. The van der Waals surface area contributed by atoms with E-state index in [2.05, 4.69) is 9.88 Å². The molecule has 0 unspecified atom stereocenters. The fourth-order valence-corrected chi connectivity index (χ4v) is 3.65. The first-order valence-corrected chi connectivity index (χ1v) is 9.54. The monoisotopic (exact) mass is 459 g/mol. The first-order valence-electron chi connectivity index (χ1n) is 8.72. The third-order valence-electron chi connectivity index (χ3n) is 3.98. The Kier molecular flexibility index (Phi) is 10.3. The number of ether oxygens (including phenoxy) is 1. The summed E-state index contributed by atoms with van der Waals surface area (Å²) in [6.45, 7) is 1.24. The van der Waals surface area contributed by atoms with Crippen LogP contribution in [-0.4, -0.2) is 49.6 Å². The van der Waals surface area contributed by atoms with Crippen molar-refractivity contribution >= 4 is 57.4 Å². The molecule has 0 fully saturated rings. The van der Waals surface area contributed by atoms with Gasteiger partial charge in [0.2, 0.25) is 0 Å². The van der Waals surface area contributed by atoms with Gasteiger partial charge >= 0.3 is 0 Å². The van der Waals surface area contributed by atoms with Gasteiger partial charge in [0.15, 0.2) is 11.7 Å². The average molecular weight is 460 g/mol. The number of aromatic nitrogens is 1. The van der Waals surface area contributed by atoms with Crippen LogP contribution in [0.3, 0.4) is 0 Å². The van der Waals surface area contributed by atoms with E-state index in [4.69, 9.17) is 4.74 Å². The number of fused-ring (bicyclic) bond motifs is 1. The van der Waals surface area contributed by atoms with Crippen LogP contribution in [0.1, 0.15) is 6.42 Å². The second-order valence-electron chi connectivity index (χ2n) is 6.39. The zero-order valence-corrected chi connectivity index (χ0v) is 18.7. The fraction of sp³-hybridized carbons (Fsp3) is 0.300. The molecule has 0 bridgehead atoms. The average Bonchev–Trinajstić information content (AvgIpc) is 3.09. The van der Waals surface area contributed by atoms with Crippen LogP contribution in [0.15, 0.2) is 48.5 Å². The minimum Gasteiger partial charge on any atom is -0.484 e. The summed E-state index contributed by atoms with van der Waals surface area (Å²) >= 11 is 1.31. The molecule has 1 aromatic heterocycles. The smallest absolute Gasteiger partial charge is 0.266 e. The largest absolute Gasteiger partial charge is 0.484 e. The van der Waals surface area contributed by atoms with Gasteiger partial charge in [0.1, 0.15) is 17.1 Å². The standard InChI is InChI=1S/C20H22FN3O2S.2ClH/c1-23(2)12-7-13-24(18(25)14-26-15-8-4-3-5-9-15)20-22-19-16(21)10-6-11-17(19)27-20;;/h3-6,8-11H,7,12-14H2,1-2H3;2*1H. The quantitative estimate of drug-likeness (QED) is 0.491. The number of thiazole rings is 1. The van der Waals surface area contributed by atoms with Crippen LogP contribution in [0.2, 0.25) is 0 Å². The normalized spacial score (nSPS) is 10.3. The van der Waals surface area contributed by atoms with E-state index in [1.807, 2.05) is 38.4 Å². The fourth-order valence-electron chi connectivity index (χ4n) is 2.63. The van der Waals surface area contributed by atoms with Gasteiger partial charge in [-0.3, -0.25) is 9.69 Å². The SMILES string of the molecule is CN(C)CCCN(C(=O)COc1ccccc1)c1nc2c(F)cccc2s1.Cl.Cl. The van der Waals surface area contributed by atoms with Crippen molar-refractivity contribution in [3.05, 3.63) is 54.3 Å². The molecule has 29 heavy (non-hydrogen) atoms. The number of carbonyl (C=O) groups excluding carboxylic acids is 1. The van der Waals surface area contributed by atoms with Gasteiger partial charge in [0.05, 0.1) is 4.70 Å². The van der Waals surface area contributed by atoms with Crippen molar-refractivity contribution in [1.29, 1.82) is 0 Å². The number of anilines is 1. The van der Waals surface area contributed by atoms with Gasteiger partial charge in [-0.05, 0) is 51.3 Å². The van der Waals surface area contributed by atoms with Gasteiger partial charge in [-0.25, -0.2) is 9.37 Å². The van der Waals surface area contributed by atoms with Crippen LogP contribution in [0.4, 0.5) is 9.52 Å². The van der Waals surface area contributed by atoms with E-state index in [9.17, 15) is 9.18 Å². The molecule has 0 saturated heterocycles. The molecule has 1 amide bonds. The Morgan fingerprint density at radius 2 is 1.79 bits per heavy atom. The zero-order valence-electron chi connectivity index (χ0n) is 16.2. The molecule has 0 N–H and O–H groups in total. The van der Waals surface area contributed by atoms with Crippen molar-refractivity contribution in [3.8, 4) is 5.75 Å². The van der Waals surface area contributed by atoms with Crippen LogP contribution in [-0.2, 0) is 4.79 Å². The number of hydrogen-bond donors (Lipinski definition) is 0. The van der Waals surface area contributed by atoms with E-state index in [1.54, 1.807) is 23.1 Å². The van der Waals surface area contributed by atoms with Crippen molar-refractivity contribution in [1.82, 2.24) is 9.88 Å². The minimum atomic E-state index is -0.378. The summed E-state index contributed by atoms with van der Waals surface area (Å²) < 4.78 is 20.3. The zero-order chi connectivity index (χ0) is 19.2. The van der Waals surface area contributed by atoms with Crippen LogP contribution in [0, 0.1) is 5.82 Å². The Labute approximate surface area is 186 Å². The lowest BCUT2D eigenvalue weighted by atomic mass is 10.3. The minimum absolute atomic E-state index is 0. The van der Waals surface area contributed by atoms with Gasteiger partial charge in [0, 0.05) is 6.54 Å². The van der Waals surface area contributed by atoms with Crippen LogP contribution in [0.5, 0.6) is 5.75 Å². The summed E-state index contributed by atoms with van der Waals surface area (Å²) in [5.74, 6) is 0.0581. The lowest BCUT2D eigenvalue weighted by molar-refractivity contribution is -0.120. The van der Waals surface area contributed by atoms with Gasteiger partial charge < -0.3 is 9.64 Å². The van der Waals surface area contributed by atoms with E-state index in [0.717, 1.165) is 17.7 Å². The number of rotatable bonds is 8. The van der Waals surface area contributed by atoms with Crippen molar-refractivity contribution in [2.75, 3.05) is 38.7 Å². The van der Waals surface area contributed by atoms with Crippen LogP contribution >= 0.6 is 36.2 Å². The first kappa shape index (κ1) is 25.1. The van der Waals surface area contributed by atoms with Crippen molar-refractivity contribution < 1.29 is 13.9 Å². The second kappa shape index (κ2) is 11.9. The van der Waals surface area contributed by atoms with Gasteiger partial charge in [0.25, 0.3) is 5.91 Å². The molecule has 0 aliphatic heterocycles. The lowest BCUT2D eigenvalue weighted by Gasteiger charge is -2.21. The lowest BCUT2D eigenvalue weighted by Crippen LogP contribution is -2.36. The molecule has 2 aromatic carbocycles. The summed E-state index contributed by atoms with van der Waals surface area (Å²) in [5.41, 5.74) is 0.298. The number of para-hydroxylation sites is 2. The molecule has 5 nitrogen and oxygen atoms in total. The molecule has 0 aliphatic rings. The highest BCUT2D eigenvalue weighted by Crippen LogP contribution is 2.30. The van der Waals surface area contributed by atoms with Gasteiger partial charge in [-0.1, -0.05) is 35.6 Å². The summed E-state index contributed by atoms with van der Waals surface area (Å²) in [6.07, 6.45) is 0.780. The highest BCUT2D eigenvalue weighted by molar-refractivity contribution is 7.22. The molecule has 3 aromatic rings. The summed E-state index contributed by atoms with van der Waals surface area (Å²) in [5, 5.41) is 0.496. The van der Waals surface area contributed by atoms with Crippen molar-refractivity contribution in [3.63, 3.8) is 0 Å². The Morgan fingerprint density at radius 3 is 2.45 bits per heavy atom. The number of amides is 1. The Morgan fingerprint density at radius 1 is 1.07 bits per heavy atom. The Balaban J connectivity index is 0.00000210. The maximum absolute atomic E-state index is 14.0. The van der Waals surface area contributed by atoms with Crippen molar-refractivity contribution in [2.45, 2.75) is 6.42 Å². The van der Waals surface area contributed by atoms with Gasteiger partial charge in [-0.15, -0.1) is 24.8 Å². The Hall–Kier alpha value is -1.93. The second-order valence-corrected chi connectivity index (χ2v) is 7.40. The predicted molar refractivity (Wildman–Crippen MR) is 122 cm³/mol. The van der Waals surface area contributed by atoms with Crippen LogP contribution < -0.4 is 9.64 Å². The Bertz CT molecular complexity index is 909. The van der Waals surface area contributed by atoms with E-state index < -0.39 is 0 Å². The first-order chi connectivity index (χ1) is 13.0. The number of carbonyl (C=O) groups is 1. The highest BCUT2D eigenvalue weighted by atomic mass is 35.5. The number of nitrogens with zero attached hydrogens (tertiary/aromatic N) is 3. The maximum atomic E-state index is 14.0. The maximum Gasteiger partial charge on any atom is 0.266 e. The van der Waals surface area contributed by atoms with E-state index in [1.165, 1.54) is 17.4 Å². The van der Waals surface area contributed by atoms with Gasteiger partial charge in [-0.2, -0.15) is 0 Å². The van der Waals surface area contributed by atoms with E-state index >= 15 is 0 Å². The summed E-state index contributed by atoms with van der Waals surface area (Å²) in [7, 11) is 3.97. The molecule has 0 spiro atoms. The predicted octanol–water partition coefficient (Wildman–Crippen LogP) is 4.64. The molecule has 9 heteroatoms. The molecule has 0 aliphatic carbocycles. The number of hydrogen-bond acceptors (Lipinski definition) is 5. The summed E-state index contributed by atoms with van der Waals surface area (Å²) in [4.78, 5) is 20.8. The summed E-state index contributed by atoms with van der Waals surface area (Å²) in [6, 6.07) is 14.0. The number of benzene rings is 2. The molecular weight excluding hydrogens is 436 g/mol. The van der Waals surface area contributed by atoms with E-state index in [0.29, 0.717) is 22.9 Å². The molecule has 0 radical (unpaired) electrons. The topological polar surface area (TPSA) is 45.7 Å². The van der Waals surface area contributed by atoms with Crippen molar-refractivity contribution in [2.24, 2.45) is 0 Å². The third-order valence-corrected chi connectivity index (χ3v) is 5.03. The van der Waals surface area contributed by atoms with Crippen LogP contribution in [0.25, 0.3) is 10.2 Å². The third kappa shape index (κ3) is 6.82. The molecule has 1 heterocycles. The molecule has 3 rings (SSSR count). The number of halogens is 3.